The van der Waals surface area contributed by atoms with Crippen LogP contribution in [0.3, 0.4) is 0 Å². The molecule has 0 bridgehead atoms. The Kier molecular flexibility index (Phi) is 22.7. The first kappa shape index (κ1) is 42.5. The summed E-state index contributed by atoms with van der Waals surface area (Å²) in [5.41, 5.74) is 0. The van der Waals surface area contributed by atoms with E-state index < -0.39 is 6.96 Å². The van der Waals surface area contributed by atoms with Crippen molar-refractivity contribution in [3.63, 3.8) is 0 Å². The number of para-hydroxylation sites is 4. The molecule has 0 saturated carbocycles. The molecule has 0 aromatic heterocycles. The van der Waals surface area contributed by atoms with Crippen molar-refractivity contribution in [3.8, 4) is 23.0 Å². The number of rotatable bonds is 14. The van der Waals surface area contributed by atoms with Gasteiger partial charge in [-0.25, -0.2) is 0 Å². The van der Waals surface area contributed by atoms with Gasteiger partial charge in [-0.05, 0) is 80.2 Å². The Morgan fingerprint density at radius 3 is 0.674 bits per heavy atom. The molecular formula is C36H56BO4P4Rh+3. The summed E-state index contributed by atoms with van der Waals surface area (Å²) >= 11 is 0. The predicted octanol–water partition coefficient (Wildman–Crippen LogP) is 9.60. The fourth-order valence-corrected chi connectivity index (χ4v) is 11.8. The van der Waals surface area contributed by atoms with E-state index in [9.17, 15) is 0 Å². The molecule has 4 aromatic carbocycles. The van der Waals surface area contributed by atoms with Crippen molar-refractivity contribution in [1.29, 1.82) is 0 Å². The van der Waals surface area contributed by atoms with Crippen molar-refractivity contribution in [2.75, 3.05) is 78.0 Å². The van der Waals surface area contributed by atoms with Gasteiger partial charge in [0, 0.05) is 72.8 Å². The van der Waals surface area contributed by atoms with Crippen LogP contribution < -0.4 is 18.6 Å². The normalized spacial score (nSPS) is 10.7. The molecule has 10 heteroatoms. The SMILES string of the molecule is C[PH+](C)CC[PH+](C)C.C[PH+](C)CC[PH+](C)C.[Rh].c1ccc(O[B-](Oc2ccccc2)(Oc2ccccc2)Oc2ccccc2)cc1. The molecule has 46 heavy (non-hydrogen) atoms. The molecule has 0 saturated heterocycles. The van der Waals surface area contributed by atoms with Crippen LogP contribution in [0.25, 0.3) is 0 Å². The van der Waals surface area contributed by atoms with Crippen LogP contribution in [-0.2, 0) is 19.5 Å². The third kappa shape index (κ3) is 20.0. The van der Waals surface area contributed by atoms with E-state index >= 15 is 0 Å². The third-order valence-corrected chi connectivity index (χ3v) is 12.3. The fourth-order valence-electron chi connectivity index (χ4n) is 3.81. The average Bonchev–Trinajstić information content (AvgIpc) is 3.01. The second-order valence-corrected chi connectivity index (χ2v) is 23.8. The molecular weight excluding hydrogens is 734 g/mol. The number of hydrogen-bond donors (Lipinski definition) is 0. The Bertz CT molecular complexity index is 1070. The first-order valence-electron chi connectivity index (χ1n) is 15.8. The monoisotopic (exact) mass is 790 g/mol. The summed E-state index contributed by atoms with van der Waals surface area (Å²) < 4.78 is 24.8. The van der Waals surface area contributed by atoms with Crippen molar-refractivity contribution in [2.24, 2.45) is 0 Å². The number of hydrogen-bond acceptors (Lipinski definition) is 4. The van der Waals surface area contributed by atoms with Gasteiger partial charge in [-0.3, -0.25) is 0 Å². The van der Waals surface area contributed by atoms with Gasteiger partial charge >= 0.3 is 6.96 Å². The quantitative estimate of drug-likeness (QED) is 0.0943. The Morgan fingerprint density at radius 2 is 0.522 bits per heavy atom. The van der Waals surface area contributed by atoms with E-state index in [1.165, 1.54) is 24.6 Å². The van der Waals surface area contributed by atoms with Crippen LogP contribution in [0.2, 0.25) is 0 Å². The molecule has 4 aromatic rings. The minimum absolute atomic E-state index is 0. The smallest absolute Gasteiger partial charge is 0.611 e. The zero-order chi connectivity index (χ0) is 32.9. The van der Waals surface area contributed by atoms with Gasteiger partial charge in [0.05, 0.1) is 47.6 Å². The van der Waals surface area contributed by atoms with Crippen molar-refractivity contribution in [2.45, 2.75) is 0 Å². The van der Waals surface area contributed by atoms with Gasteiger partial charge < -0.3 is 18.6 Å². The van der Waals surface area contributed by atoms with Gasteiger partial charge in [0.1, 0.15) is 0 Å². The van der Waals surface area contributed by atoms with E-state index in [2.05, 4.69) is 53.3 Å². The van der Waals surface area contributed by atoms with Gasteiger partial charge in [-0.15, -0.1) is 0 Å². The van der Waals surface area contributed by atoms with E-state index in [1.54, 1.807) is 0 Å². The fraction of sp³-hybridized carbons (Fsp3) is 0.333. The summed E-state index contributed by atoms with van der Waals surface area (Å²) in [6.45, 7) is 16.5. The van der Waals surface area contributed by atoms with Crippen LogP contribution in [0.1, 0.15) is 0 Å². The van der Waals surface area contributed by atoms with Crippen LogP contribution in [0.15, 0.2) is 121 Å². The summed E-state index contributed by atoms with van der Waals surface area (Å²) in [7, 11) is 0.383. The minimum Gasteiger partial charge on any atom is -0.611 e. The molecule has 4 rings (SSSR count). The summed E-state index contributed by atoms with van der Waals surface area (Å²) in [6.07, 6.45) is 6.13. The Balaban J connectivity index is 0.000000518. The van der Waals surface area contributed by atoms with E-state index in [-0.39, 0.29) is 51.2 Å². The molecule has 4 nitrogen and oxygen atoms in total. The molecule has 0 aliphatic rings. The first-order valence-corrected chi connectivity index (χ1v) is 26.6. The Labute approximate surface area is 297 Å². The van der Waals surface area contributed by atoms with E-state index in [0.717, 1.165) is 0 Å². The van der Waals surface area contributed by atoms with E-state index in [4.69, 9.17) is 18.6 Å². The molecule has 0 fully saturated rings. The summed E-state index contributed by atoms with van der Waals surface area (Å²) in [6, 6.07) is 37.3. The molecule has 0 spiro atoms. The summed E-state index contributed by atoms with van der Waals surface area (Å²) in [4.78, 5) is 0. The molecule has 0 atom stereocenters. The average molecular weight is 790 g/mol. The van der Waals surface area contributed by atoms with Gasteiger partial charge in [0.25, 0.3) is 0 Å². The van der Waals surface area contributed by atoms with Crippen LogP contribution >= 0.6 is 31.7 Å². The van der Waals surface area contributed by atoms with Crippen molar-refractivity contribution in [1.82, 2.24) is 0 Å². The number of benzene rings is 4. The Hall–Kier alpha value is -1.51. The van der Waals surface area contributed by atoms with Crippen LogP contribution in [0.4, 0.5) is 0 Å². The van der Waals surface area contributed by atoms with Gasteiger partial charge in [-0.2, -0.15) is 0 Å². The second kappa shape index (κ2) is 24.6. The molecule has 1 radical (unpaired) electrons. The second-order valence-electron chi connectivity index (χ2n) is 12.1. The Morgan fingerprint density at radius 1 is 0.348 bits per heavy atom. The third-order valence-electron chi connectivity index (χ3n) is 6.34. The largest absolute Gasteiger partial charge is 0.777 e. The summed E-state index contributed by atoms with van der Waals surface area (Å²) in [5.74, 6) is 2.26. The predicted molar refractivity (Wildman–Crippen MR) is 214 cm³/mol. The maximum atomic E-state index is 6.21. The topological polar surface area (TPSA) is 36.9 Å². The van der Waals surface area contributed by atoms with Gasteiger partial charge in [0.2, 0.25) is 0 Å². The summed E-state index contributed by atoms with van der Waals surface area (Å²) in [5, 5.41) is 0. The maximum Gasteiger partial charge on any atom is 0.777 e. The van der Waals surface area contributed by atoms with E-state index in [1.807, 2.05) is 121 Å². The molecule has 0 heterocycles. The van der Waals surface area contributed by atoms with Crippen molar-refractivity contribution >= 4 is 38.6 Å². The van der Waals surface area contributed by atoms with Crippen molar-refractivity contribution in [3.05, 3.63) is 121 Å². The van der Waals surface area contributed by atoms with E-state index in [0.29, 0.717) is 23.0 Å². The van der Waals surface area contributed by atoms with Gasteiger partial charge in [0.15, 0.2) is 0 Å². The molecule has 0 amide bonds. The van der Waals surface area contributed by atoms with Crippen LogP contribution in [0.5, 0.6) is 23.0 Å². The molecule has 0 aliphatic heterocycles. The first-order chi connectivity index (χ1) is 21.6. The zero-order valence-corrected chi connectivity index (χ0v) is 34.6. The minimum atomic E-state index is -2.73. The van der Waals surface area contributed by atoms with Crippen LogP contribution in [-0.4, -0.2) is 84.9 Å². The van der Waals surface area contributed by atoms with Crippen LogP contribution in [0, 0.1) is 0 Å². The zero-order valence-electron chi connectivity index (χ0n) is 28.9. The molecule has 0 N–H and O–H groups in total. The van der Waals surface area contributed by atoms with Gasteiger partial charge in [-0.1, -0.05) is 72.8 Å². The maximum absolute atomic E-state index is 6.21. The van der Waals surface area contributed by atoms with Crippen molar-refractivity contribution < 1.29 is 38.1 Å². The standard InChI is InChI=1S/C24H20BO4.2C6H16P2.Rh/c1-5-13-21(14-6-1)26-25(27-22-15-7-2-8-16-22,28-23-17-9-3-10-18-23)29-24-19-11-4-12-20-24;2*1-7(2)5-6-8(3)4;/h1-20H;2*5-6H2,1-4H3;/q-1;;;/p+4. The molecule has 0 unspecified atom stereocenters. The molecule has 0 aliphatic carbocycles. The molecule has 253 valence electrons.